The summed E-state index contributed by atoms with van der Waals surface area (Å²) < 4.78 is 11.0. The van der Waals surface area contributed by atoms with Gasteiger partial charge >= 0.3 is 5.97 Å². The van der Waals surface area contributed by atoms with E-state index in [1.807, 2.05) is 0 Å². The zero-order valence-electron chi connectivity index (χ0n) is 11.0. The lowest BCUT2D eigenvalue weighted by Crippen LogP contribution is -2.37. The molecule has 1 saturated heterocycles. The fourth-order valence-corrected chi connectivity index (χ4v) is 3.94. The molecule has 0 aromatic heterocycles. The lowest BCUT2D eigenvalue weighted by Gasteiger charge is -2.37. The van der Waals surface area contributed by atoms with Crippen molar-refractivity contribution >= 4 is 5.97 Å². The summed E-state index contributed by atoms with van der Waals surface area (Å²) >= 11 is 0. The minimum atomic E-state index is -0.204. The third-order valence-electron chi connectivity index (χ3n) is 4.72. The van der Waals surface area contributed by atoms with Crippen LogP contribution in [0.25, 0.3) is 0 Å². The number of rotatable bonds is 1. The molecule has 1 saturated carbocycles. The molecule has 1 heterocycles. The Morgan fingerprint density at radius 1 is 1.39 bits per heavy atom. The van der Waals surface area contributed by atoms with E-state index in [0.717, 1.165) is 29.6 Å². The molecule has 3 heteroatoms. The Bertz CT molecular complexity index is 427. The highest BCUT2D eigenvalue weighted by atomic mass is 16.5. The average Bonchev–Trinajstić information content (AvgIpc) is 2.91. The number of hydrogen-bond donors (Lipinski definition) is 0. The monoisotopic (exact) mass is 248 g/mol. The van der Waals surface area contributed by atoms with Gasteiger partial charge in [0, 0.05) is 17.9 Å². The van der Waals surface area contributed by atoms with E-state index in [1.165, 1.54) is 26.4 Å². The van der Waals surface area contributed by atoms with E-state index in [2.05, 4.69) is 6.58 Å². The van der Waals surface area contributed by atoms with Crippen molar-refractivity contribution in [2.45, 2.75) is 44.1 Å². The summed E-state index contributed by atoms with van der Waals surface area (Å²) in [5.74, 6) is 0.0667. The molecule has 2 fully saturated rings. The van der Waals surface area contributed by atoms with Gasteiger partial charge in [-0.15, -0.1) is 0 Å². The third-order valence-corrected chi connectivity index (χ3v) is 4.72. The first-order valence-corrected chi connectivity index (χ1v) is 6.80. The van der Waals surface area contributed by atoms with Crippen LogP contribution in [-0.2, 0) is 14.3 Å². The van der Waals surface area contributed by atoms with E-state index in [4.69, 9.17) is 9.47 Å². The normalized spacial score (nSPS) is 29.8. The average molecular weight is 248 g/mol. The van der Waals surface area contributed by atoms with Crippen LogP contribution in [-0.4, -0.2) is 25.3 Å². The van der Waals surface area contributed by atoms with E-state index < -0.39 is 0 Å². The van der Waals surface area contributed by atoms with E-state index in [-0.39, 0.29) is 17.5 Å². The van der Waals surface area contributed by atoms with Crippen LogP contribution in [0.1, 0.15) is 38.5 Å². The Morgan fingerprint density at radius 2 is 2.11 bits per heavy atom. The Morgan fingerprint density at radius 3 is 2.78 bits per heavy atom. The molecule has 3 aliphatic rings. The summed E-state index contributed by atoms with van der Waals surface area (Å²) in [5.41, 5.74) is 3.04. The maximum absolute atomic E-state index is 11.8. The molecule has 2 aliphatic carbocycles. The van der Waals surface area contributed by atoms with Gasteiger partial charge in [-0.3, -0.25) is 0 Å². The molecule has 18 heavy (non-hydrogen) atoms. The summed E-state index contributed by atoms with van der Waals surface area (Å²) in [4.78, 5) is 11.8. The van der Waals surface area contributed by atoms with Gasteiger partial charge in [-0.1, -0.05) is 31.4 Å². The first kappa shape index (κ1) is 12.0. The van der Waals surface area contributed by atoms with Gasteiger partial charge in [0.1, 0.15) is 0 Å². The second kappa shape index (κ2) is 4.23. The van der Waals surface area contributed by atoms with Crippen molar-refractivity contribution in [3.63, 3.8) is 0 Å². The highest BCUT2D eigenvalue weighted by Gasteiger charge is 2.52. The predicted octanol–water partition coefficient (Wildman–Crippen LogP) is 2.77. The molecule has 0 N–H and O–H groups in total. The van der Waals surface area contributed by atoms with Gasteiger partial charge in [-0.2, -0.15) is 0 Å². The van der Waals surface area contributed by atoms with Crippen LogP contribution in [0.5, 0.6) is 0 Å². The first-order chi connectivity index (χ1) is 8.68. The fraction of sp³-hybridized carbons (Fsp3) is 0.667. The second-order valence-corrected chi connectivity index (χ2v) is 5.68. The van der Waals surface area contributed by atoms with Crippen molar-refractivity contribution in [2.75, 3.05) is 13.7 Å². The van der Waals surface area contributed by atoms with Crippen molar-refractivity contribution in [3.8, 4) is 0 Å². The van der Waals surface area contributed by atoms with Gasteiger partial charge < -0.3 is 9.47 Å². The van der Waals surface area contributed by atoms with Crippen LogP contribution < -0.4 is 0 Å². The van der Waals surface area contributed by atoms with Crippen LogP contribution in [0.15, 0.2) is 23.3 Å². The van der Waals surface area contributed by atoms with Gasteiger partial charge in [-0.05, 0) is 18.4 Å². The molecule has 0 aromatic rings. The van der Waals surface area contributed by atoms with Crippen molar-refractivity contribution in [2.24, 2.45) is 5.92 Å². The van der Waals surface area contributed by atoms with Gasteiger partial charge in [0.15, 0.2) is 0 Å². The summed E-state index contributed by atoms with van der Waals surface area (Å²) in [6.45, 7) is 4.78. The Balaban J connectivity index is 1.96. The Kier molecular flexibility index (Phi) is 2.81. The maximum Gasteiger partial charge on any atom is 0.334 e. The van der Waals surface area contributed by atoms with E-state index in [1.54, 1.807) is 0 Å². The van der Waals surface area contributed by atoms with Crippen molar-refractivity contribution in [1.29, 1.82) is 0 Å². The van der Waals surface area contributed by atoms with E-state index >= 15 is 0 Å². The molecule has 3 rings (SSSR count). The molecule has 0 aromatic carbocycles. The second-order valence-electron chi connectivity index (χ2n) is 5.68. The molecular formula is C15H20O3. The van der Waals surface area contributed by atoms with Crippen LogP contribution in [0.3, 0.4) is 0 Å². The quantitative estimate of drug-likeness (QED) is 0.529. The highest BCUT2D eigenvalue weighted by molar-refractivity contribution is 5.91. The number of hydrogen-bond acceptors (Lipinski definition) is 3. The first-order valence-electron chi connectivity index (χ1n) is 6.80. The number of carbonyl (C=O) groups excluding carboxylic acids is 1. The van der Waals surface area contributed by atoms with Crippen LogP contribution in [0, 0.1) is 5.92 Å². The number of esters is 1. The lowest BCUT2D eigenvalue weighted by molar-refractivity contribution is -0.136. The topological polar surface area (TPSA) is 35.5 Å². The fourth-order valence-electron chi connectivity index (χ4n) is 3.94. The van der Waals surface area contributed by atoms with Crippen LogP contribution in [0.4, 0.5) is 0 Å². The molecule has 0 radical (unpaired) electrons. The summed E-state index contributed by atoms with van der Waals surface area (Å²) in [6.07, 6.45) is 6.64. The van der Waals surface area contributed by atoms with Gasteiger partial charge in [-0.25, -0.2) is 4.79 Å². The zero-order valence-corrected chi connectivity index (χ0v) is 11.0. The summed E-state index contributed by atoms with van der Waals surface area (Å²) in [5, 5.41) is 0. The molecule has 98 valence electrons. The van der Waals surface area contributed by atoms with Gasteiger partial charge in [0.2, 0.25) is 0 Å². The predicted molar refractivity (Wildman–Crippen MR) is 68.1 cm³/mol. The standard InChI is InChI=1S/C15H20O3/c1-10-8-11(14(16)17-2)12-9-18-15(13(10)12)6-4-3-5-7-15/h13H,1,3-9H2,2H3/t13-/m0/s1. The zero-order chi connectivity index (χ0) is 12.8. The van der Waals surface area contributed by atoms with Gasteiger partial charge in [0.05, 0.1) is 19.3 Å². The molecule has 1 atom stereocenters. The maximum atomic E-state index is 11.8. The SMILES string of the molecule is C=C1CC(C(=O)OC)=C2COC3(CCCCC3)[C@@H]12. The molecule has 1 spiro atoms. The number of methoxy groups -OCH3 is 1. The smallest absolute Gasteiger partial charge is 0.334 e. The van der Waals surface area contributed by atoms with Crippen LogP contribution >= 0.6 is 0 Å². The molecule has 3 nitrogen and oxygen atoms in total. The third kappa shape index (κ3) is 1.57. The minimum absolute atomic E-state index is 0.0551. The molecular weight excluding hydrogens is 228 g/mol. The van der Waals surface area contributed by atoms with Crippen molar-refractivity contribution in [1.82, 2.24) is 0 Å². The summed E-state index contributed by atoms with van der Waals surface area (Å²) in [6, 6.07) is 0. The van der Waals surface area contributed by atoms with Gasteiger partial charge in [0.25, 0.3) is 0 Å². The van der Waals surface area contributed by atoms with E-state index in [0.29, 0.717) is 13.0 Å². The number of carbonyl (C=O) groups is 1. The molecule has 0 bridgehead atoms. The molecule has 1 aliphatic heterocycles. The Labute approximate surface area is 108 Å². The minimum Gasteiger partial charge on any atom is -0.466 e. The van der Waals surface area contributed by atoms with Crippen molar-refractivity contribution in [3.05, 3.63) is 23.3 Å². The largest absolute Gasteiger partial charge is 0.466 e. The van der Waals surface area contributed by atoms with Crippen molar-refractivity contribution < 1.29 is 14.3 Å². The highest BCUT2D eigenvalue weighted by Crippen LogP contribution is 2.54. The van der Waals surface area contributed by atoms with Crippen LogP contribution in [0.2, 0.25) is 0 Å². The molecule has 0 unspecified atom stereocenters. The number of ether oxygens (including phenoxy) is 2. The molecule has 0 amide bonds. The number of fused-ring (bicyclic) bond motifs is 2. The Hall–Kier alpha value is -1.09. The lowest BCUT2D eigenvalue weighted by atomic mass is 9.73. The summed E-state index contributed by atoms with van der Waals surface area (Å²) in [7, 11) is 1.44. The van der Waals surface area contributed by atoms with E-state index in [9.17, 15) is 4.79 Å².